The van der Waals surface area contributed by atoms with Gasteiger partial charge in [0.05, 0.1) is 18.8 Å². The molecule has 7 heteroatoms. The van der Waals surface area contributed by atoms with Crippen molar-refractivity contribution in [2.45, 2.75) is 70.7 Å². The van der Waals surface area contributed by atoms with Gasteiger partial charge in [-0.3, -0.25) is 4.79 Å². The molecule has 2 aliphatic heterocycles. The Bertz CT molecular complexity index is 670. The number of likely N-dealkylation sites (tertiary alicyclic amines) is 2. The molecule has 2 bridgehead atoms. The van der Waals surface area contributed by atoms with Crippen LogP contribution >= 0.6 is 11.8 Å². The molecular formula is C19H31N4O2S+. The fourth-order valence-corrected chi connectivity index (χ4v) is 6.26. The largest absolute Gasteiger partial charge is 0.410 e. The first kappa shape index (κ1) is 18.3. The fraction of sp³-hybridized carbons (Fsp3) is 0.842. The van der Waals surface area contributed by atoms with Gasteiger partial charge in [-0.25, -0.2) is 0 Å². The van der Waals surface area contributed by atoms with E-state index in [1.165, 1.54) is 49.0 Å². The summed E-state index contributed by atoms with van der Waals surface area (Å²) in [6, 6.07) is 0.397. The Kier molecular flexibility index (Phi) is 4.80. The Balaban J connectivity index is 1.31. The van der Waals surface area contributed by atoms with Crippen LogP contribution in [-0.4, -0.2) is 52.4 Å². The van der Waals surface area contributed by atoms with E-state index in [1.807, 2.05) is 0 Å². The maximum Gasteiger partial charge on any atom is 0.277 e. The van der Waals surface area contributed by atoms with Crippen LogP contribution in [0, 0.1) is 10.8 Å². The van der Waals surface area contributed by atoms with Crippen LogP contribution in [-0.2, 0) is 11.3 Å². The highest BCUT2D eigenvalue weighted by atomic mass is 32.2. The number of carbonyl (C=O) groups is 1. The van der Waals surface area contributed by atoms with Crippen LogP contribution in [0.2, 0.25) is 0 Å². The number of nitrogens with one attached hydrogen (secondary N) is 1. The van der Waals surface area contributed by atoms with Crippen LogP contribution < -0.4 is 4.90 Å². The van der Waals surface area contributed by atoms with E-state index < -0.39 is 0 Å². The smallest absolute Gasteiger partial charge is 0.277 e. The predicted molar refractivity (Wildman–Crippen MR) is 99.9 cm³/mol. The summed E-state index contributed by atoms with van der Waals surface area (Å²) in [5, 5.41) is 8.81. The van der Waals surface area contributed by atoms with E-state index in [0.29, 0.717) is 28.3 Å². The summed E-state index contributed by atoms with van der Waals surface area (Å²) in [6.45, 7) is 11.1. The van der Waals surface area contributed by atoms with Crippen molar-refractivity contribution in [2.24, 2.45) is 10.8 Å². The number of carbonyl (C=O) groups excluding carboxylic acids is 1. The lowest BCUT2D eigenvalue weighted by molar-refractivity contribution is -0.902. The van der Waals surface area contributed by atoms with Gasteiger partial charge in [0.15, 0.2) is 6.54 Å². The highest BCUT2D eigenvalue weighted by Gasteiger charge is 2.50. The zero-order valence-corrected chi connectivity index (χ0v) is 17.0. The van der Waals surface area contributed by atoms with Crippen LogP contribution in [0.15, 0.2) is 9.64 Å². The Morgan fingerprint density at radius 3 is 2.81 bits per heavy atom. The lowest BCUT2D eigenvalue weighted by Crippen LogP contribution is -3.08. The van der Waals surface area contributed by atoms with Crippen LogP contribution in [0.25, 0.3) is 0 Å². The lowest BCUT2D eigenvalue weighted by atomic mass is 9.65. The molecule has 1 aromatic heterocycles. The van der Waals surface area contributed by atoms with Gasteiger partial charge in [0.1, 0.15) is 0 Å². The van der Waals surface area contributed by atoms with Crippen LogP contribution in [0.4, 0.5) is 0 Å². The molecule has 1 saturated carbocycles. The number of quaternary nitrogens is 1. The molecule has 4 rings (SSSR count). The Hall–Kier alpha value is -1.08. The summed E-state index contributed by atoms with van der Waals surface area (Å²) in [7, 11) is 0. The molecule has 1 N–H and O–H groups in total. The normalized spacial score (nSPS) is 30.9. The Morgan fingerprint density at radius 1 is 1.27 bits per heavy atom. The summed E-state index contributed by atoms with van der Waals surface area (Å²) in [6.07, 6.45) is 6.04. The first-order valence-electron chi connectivity index (χ1n) is 9.90. The molecular weight excluding hydrogens is 348 g/mol. The van der Waals surface area contributed by atoms with Crippen molar-refractivity contribution < 1.29 is 14.1 Å². The predicted octanol–water partition coefficient (Wildman–Crippen LogP) is 1.77. The van der Waals surface area contributed by atoms with E-state index >= 15 is 0 Å². The monoisotopic (exact) mass is 379 g/mol. The van der Waals surface area contributed by atoms with Crippen molar-refractivity contribution in [3.05, 3.63) is 5.89 Å². The third kappa shape index (κ3) is 3.93. The van der Waals surface area contributed by atoms with Crippen LogP contribution in [0.3, 0.4) is 0 Å². The van der Waals surface area contributed by atoms with Crippen LogP contribution in [0.5, 0.6) is 0 Å². The van der Waals surface area contributed by atoms with Gasteiger partial charge in [0.2, 0.25) is 5.91 Å². The number of fused-ring (bicyclic) bond motifs is 2. The number of amides is 1. The fourth-order valence-electron chi connectivity index (χ4n) is 5.59. The summed E-state index contributed by atoms with van der Waals surface area (Å²) < 4.78 is 5.75. The number of thioether (sulfide) groups is 1. The van der Waals surface area contributed by atoms with E-state index in [0.717, 1.165) is 25.9 Å². The second kappa shape index (κ2) is 6.82. The molecule has 1 aliphatic carbocycles. The molecule has 1 amide bonds. The lowest BCUT2D eigenvalue weighted by Gasteiger charge is -2.39. The highest BCUT2D eigenvalue weighted by molar-refractivity contribution is 7.99. The first-order chi connectivity index (χ1) is 12.3. The molecule has 144 valence electrons. The van der Waals surface area contributed by atoms with Gasteiger partial charge in [-0.1, -0.05) is 32.5 Å². The third-order valence-corrected chi connectivity index (χ3v) is 7.02. The molecule has 3 heterocycles. The van der Waals surface area contributed by atoms with Gasteiger partial charge in [-0.05, 0) is 30.1 Å². The maximum atomic E-state index is 12.8. The second-order valence-electron chi connectivity index (χ2n) is 9.62. The summed E-state index contributed by atoms with van der Waals surface area (Å²) in [5.41, 5.74) is 0.613. The minimum atomic E-state index is 0.214. The van der Waals surface area contributed by atoms with Crippen LogP contribution in [0.1, 0.15) is 58.8 Å². The average molecular weight is 380 g/mol. The van der Waals surface area contributed by atoms with Gasteiger partial charge in [-0.2, -0.15) is 0 Å². The van der Waals surface area contributed by atoms with Crippen molar-refractivity contribution in [3.8, 4) is 0 Å². The van der Waals surface area contributed by atoms with Crippen molar-refractivity contribution in [3.63, 3.8) is 0 Å². The highest BCUT2D eigenvalue weighted by Crippen LogP contribution is 2.52. The number of nitrogens with zero attached hydrogens (tertiary/aromatic N) is 3. The van der Waals surface area contributed by atoms with Gasteiger partial charge in [0, 0.05) is 25.4 Å². The summed E-state index contributed by atoms with van der Waals surface area (Å²) in [5.74, 6) is 1.31. The minimum Gasteiger partial charge on any atom is -0.410 e. The second-order valence-corrected chi connectivity index (χ2v) is 10.5. The van der Waals surface area contributed by atoms with Crippen molar-refractivity contribution in [1.82, 2.24) is 15.1 Å². The van der Waals surface area contributed by atoms with Gasteiger partial charge < -0.3 is 14.2 Å². The molecule has 2 saturated heterocycles. The number of hydrogen-bond acceptors (Lipinski definition) is 5. The molecule has 0 unspecified atom stereocenters. The Morgan fingerprint density at radius 2 is 2.04 bits per heavy atom. The molecule has 3 aliphatic rings. The number of aromatic nitrogens is 2. The van der Waals surface area contributed by atoms with E-state index in [9.17, 15) is 4.79 Å². The number of hydrogen-bond donors (Lipinski definition) is 1. The quantitative estimate of drug-likeness (QED) is 0.790. The van der Waals surface area contributed by atoms with E-state index in [-0.39, 0.29) is 11.3 Å². The molecule has 0 radical (unpaired) electrons. The van der Waals surface area contributed by atoms with E-state index in [4.69, 9.17) is 4.42 Å². The first-order valence-corrected chi connectivity index (χ1v) is 10.9. The molecule has 3 fully saturated rings. The van der Waals surface area contributed by atoms with Gasteiger partial charge in [-0.15, -0.1) is 10.2 Å². The van der Waals surface area contributed by atoms with Gasteiger partial charge in [0.25, 0.3) is 11.1 Å². The minimum absolute atomic E-state index is 0.214. The average Bonchev–Trinajstić information content (AvgIpc) is 3.25. The molecule has 2 atom stereocenters. The molecule has 0 aromatic carbocycles. The van der Waals surface area contributed by atoms with E-state index in [2.05, 4.69) is 35.9 Å². The van der Waals surface area contributed by atoms with Crippen molar-refractivity contribution >= 4 is 17.7 Å². The molecule has 0 spiro atoms. The zero-order chi connectivity index (χ0) is 18.4. The zero-order valence-electron chi connectivity index (χ0n) is 16.2. The SMILES string of the molecule is CC1(C)C[C@H]2C[C@](C)(CN2C(=O)CSc2nnc(C[NH+]3CCCC3)o2)C1. The van der Waals surface area contributed by atoms with Gasteiger partial charge >= 0.3 is 0 Å². The number of rotatable bonds is 5. The molecule has 1 aromatic rings. The topological polar surface area (TPSA) is 63.7 Å². The van der Waals surface area contributed by atoms with Crippen molar-refractivity contribution in [1.29, 1.82) is 0 Å². The maximum absolute atomic E-state index is 12.8. The molecule has 6 nitrogen and oxygen atoms in total. The van der Waals surface area contributed by atoms with E-state index in [1.54, 1.807) is 0 Å². The van der Waals surface area contributed by atoms with Crippen molar-refractivity contribution in [2.75, 3.05) is 25.4 Å². The standard InChI is InChI=1S/C19H30N4O2S/c1-18(2)8-14-9-19(3,12-18)13-23(14)16(24)11-26-17-21-20-15(25-17)10-22-6-4-5-7-22/h14H,4-13H2,1-3H3/p+1/t14-,19-/m0/s1. The summed E-state index contributed by atoms with van der Waals surface area (Å²) >= 11 is 1.39. The Labute approximate surface area is 160 Å². The summed E-state index contributed by atoms with van der Waals surface area (Å²) in [4.78, 5) is 16.4. The third-order valence-electron chi connectivity index (χ3n) is 6.21. The molecule has 26 heavy (non-hydrogen) atoms.